The van der Waals surface area contributed by atoms with Crippen molar-refractivity contribution in [2.24, 2.45) is 11.3 Å². The SMILES string of the molecule is COc1cccc(CC(=O)N(N)C(C(C)=O)C(C)(C)C)c1. The molecule has 0 saturated carbocycles. The Balaban J connectivity index is 2.89. The van der Waals surface area contributed by atoms with Gasteiger partial charge >= 0.3 is 0 Å². The number of hydrogen-bond donors (Lipinski definition) is 1. The Kier molecular flexibility index (Phi) is 5.49. The number of methoxy groups -OCH3 is 1. The molecule has 1 unspecified atom stereocenters. The second-order valence-corrected chi connectivity index (χ2v) is 6.21. The molecule has 0 radical (unpaired) electrons. The number of Topliss-reactive ketones (excluding diaryl/α,β-unsaturated/α-hetero) is 1. The van der Waals surface area contributed by atoms with Crippen LogP contribution in [0.25, 0.3) is 0 Å². The molecule has 0 saturated heterocycles. The van der Waals surface area contributed by atoms with Crippen molar-refractivity contribution < 1.29 is 14.3 Å². The summed E-state index contributed by atoms with van der Waals surface area (Å²) in [6, 6.07) is 6.59. The lowest BCUT2D eigenvalue weighted by atomic mass is 9.84. The Bertz CT molecular complexity index is 520. The predicted molar refractivity (Wildman–Crippen MR) is 81.7 cm³/mol. The standard InChI is InChI=1S/C16H24N2O3/c1-11(19)15(16(2,3)4)18(17)14(20)10-12-7-6-8-13(9-12)21-5/h6-9,15H,10,17H2,1-5H3. The van der Waals surface area contributed by atoms with E-state index in [1.165, 1.54) is 6.92 Å². The van der Waals surface area contributed by atoms with Gasteiger partial charge in [0.1, 0.15) is 11.8 Å². The van der Waals surface area contributed by atoms with Crippen LogP contribution >= 0.6 is 0 Å². The summed E-state index contributed by atoms with van der Waals surface area (Å²) in [5.41, 5.74) is 0.385. The number of ketones is 1. The van der Waals surface area contributed by atoms with E-state index < -0.39 is 11.5 Å². The van der Waals surface area contributed by atoms with Crippen LogP contribution in [-0.2, 0) is 16.0 Å². The van der Waals surface area contributed by atoms with E-state index in [1.54, 1.807) is 13.2 Å². The zero-order chi connectivity index (χ0) is 16.2. The lowest BCUT2D eigenvalue weighted by Crippen LogP contribution is -2.55. The first-order valence-electron chi connectivity index (χ1n) is 6.87. The third kappa shape index (κ3) is 4.56. The predicted octanol–water partition coefficient (Wildman–Crippen LogP) is 1.94. The molecule has 2 N–H and O–H groups in total. The Morgan fingerprint density at radius 2 is 1.95 bits per heavy atom. The van der Waals surface area contributed by atoms with E-state index in [0.29, 0.717) is 5.75 Å². The summed E-state index contributed by atoms with van der Waals surface area (Å²) >= 11 is 0. The van der Waals surface area contributed by atoms with Crippen molar-refractivity contribution in [1.82, 2.24) is 5.01 Å². The van der Waals surface area contributed by atoms with Crippen molar-refractivity contribution in [3.8, 4) is 5.75 Å². The number of carbonyl (C=O) groups is 2. The van der Waals surface area contributed by atoms with Gasteiger partial charge in [-0.3, -0.25) is 14.6 Å². The molecule has 0 aliphatic rings. The topological polar surface area (TPSA) is 72.6 Å². The molecule has 5 nitrogen and oxygen atoms in total. The number of nitrogens with two attached hydrogens (primary N) is 1. The van der Waals surface area contributed by atoms with Crippen LogP contribution in [-0.4, -0.2) is 29.9 Å². The normalized spacial score (nSPS) is 12.7. The van der Waals surface area contributed by atoms with Gasteiger partial charge in [0.15, 0.2) is 5.78 Å². The zero-order valence-corrected chi connectivity index (χ0v) is 13.3. The van der Waals surface area contributed by atoms with Gasteiger partial charge in [0, 0.05) is 0 Å². The molecule has 0 aromatic heterocycles. The fraction of sp³-hybridized carbons (Fsp3) is 0.500. The maximum atomic E-state index is 12.3. The first-order chi connectivity index (χ1) is 9.66. The molecule has 0 fully saturated rings. The van der Waals surface area contributed by atoms with Crippen LogP contribution in [0.4, 0.5) is 0 Å². The van der Waals surface area contributed by atoms with E-state index in [9.17, 15) is 9.59 Å². The summed E-state index contributed by atoms with van der Waals surface area (Å²) in [7, 11) is 1.57. The van der Waals surface area contributed by atoms with Crippen LogP contribution in [0.5, 0.6) is 5.75 Å². The minimum Gasteiger partial charge on any atom is -0.497 e. The number of ether oxygens (including phenoxy) is 1. The average Bonchev–Trinajstić information content (AvgIpc) is 2.36. The maximum absolute atomic E-state index is 12.3. The minimum absolute atomic E-state index is 0.121. The van der Waals surface area contributed by atoms with Gasteiger partial charge in [-0.2, -0.15) is 0 Å². The highest BCUT2D eigenvalue weighted by atomic mass is 16.5. The van der Waals surface area contributed by atoms with Crippen LogP contribution in [0.2, 0.25) is 0 Å². The summed E-state index contributed by atoms with van der Waals surface area (Å²) in [6.45, 7) is 7.11. The van der Waals surface area contributed by atoms with E-state index in [2.05, 4.69) is 0 Å². The third-order valence-electron chi connectivity index (χ3n) is 3.26. The molecular weight excluding hydrogens is 268 g/mol. The fourth-order valence-electron chi connectivity index (χ4n) is 2.42. The van der Waals surface area contributed by atoms with Crippen molar-refractivity contribution in [1.29, 1.82) is 0 Å². The smallest absolute Gasteiger partial charge is 0.241 e. The molecule has 0 spiro atoms. The molecule has 0 bridgehead atoms. The van der Waals surface area contributed by atoms with Crippen molar-refractivity contribution in [3.63, 3.8) is 0 Å². The summed E-state index contributed by atoms with van der Waals surface area (Å²) in [6.07, 6.45) is 0.133. The quantitative estimate of drug-likeness (QED) is 0.511. The second-order valence-electron chi connectivity index (χ2n) is 6.21. The van der Waals surface area contributed by atoms with Gasteiger partial charge in [0.25, 0.3) is 0 Å². The number of hydrazine groups is 1. The second kappa shape index (κ2) is 6.72. The van der Waals surface area contributed by atoms with Gasteiger partial charge in [-0.1, -0.05) is 32.9 Å². The number of benzene rings is 1. The van der Waals surface area contributed by atoms with E-state index in [-0.39, 0.29) is 18.1 Å². The van der Waals surface area contributed by atoms with Gasteiger partial charge in [0.05, 0.1) is 13.5 Å². The molecule has 1 amide bonds. The molecule has 116 valence electrons. The summed E-state index contributed by atoms with van der Waals surface area (Å²) in [5, 5.41) is 1.06. The monoisotopic (exact) mass is 292 g/mol. The van der Waals surface area contributed by atoms with E-state index in [0.717, 1.165) is 10.6 Å². The first kappa shape index (κ1) is 17.2. The molecule has 1 aromatic rings. The molecule has 1 aromatic carbocycles. The molecule has 0 heterocycles. The Morgan fingerprint density at radius 3 is 2.43 bits per heavy atom. The maximum Gasteiger partial charge on any atom is 0.241 e. The Hall–Kier alpha value is -1.88. The number of carbonyl (C=O) groups excluding carboxylic acids is 2. The van der Waals surface area contributed by atoms with Crippen LogP contribution in [0, 0.1) is 5.41 Å². The summed E-state index contributed by atoms with van der Waals surface area (Å²) < 4.78 is 5.13. The summed E-state index contributed by atoms with van der Waals surface area (Å²) in [4.78, 5) is 24.1. The number of rotatable bonds is 5. The van der Waals surface area contributed by atoms with Gasteiger partial charge in [-0.05, 0) is 30.0 Å². The van der Waals surface area contributed by atoms with Gasteiger partial charge in [0.2, 0.25) is 5.91 Å². The van der Waals surface area contributed by atoms with E-state index in [1.807, 2.05) is 39.0 Å². The Labute approximate surface area is 126 Å². The van der Waals surface area contributed by atoms with Gasteiger partial charge in [-0.15, -0.1) is 0 Å². The molecule has 0 aliphatic heterocycles. The van der Waals surface area contributed by atoms with Gasteiger partial charge in [-0.25, -0.2) is 5.84 Å². The van der Waals surface area contributed by atoms with E-state index in [4.69, 9.17) is 10.6 Å². The fourth-order valence-corrected chi connectivity index (χ4v) is 2.42. The van der Waals surface area contributed by atoms with Crippen molar-refractivity contribution in [2.75, 3.05) is 7.11 Å². The molecule has 5 heteroatoms. The number of hydrogen-bond acceptors (Lipinski definition) is 4. The largest absolute Gasteiger partial charge is 0.497 e. The summed E-state index contributed by atoms with van der Waals surface area (Å²) in [5.74, 6) is 6.17. The highest BCUT2D eigenvalue weighted by Gasteiger charge is 2.35. The third-order valence-corrected chi connectivity index (χ3v) is 3.26. The number of amides is 1. The molecule has 21 heavy (non-hydrogen) atoms. The first-order valence-corrected chi connectivity index (χ1v) is 6.87. The van der Waals surface area contributed by atoms with Crippen LogP contribution in [0.3, 0.4) is 0 Å². The average molecular weight is 292 g/mol. The van der Waals surface area contributed by atoms with Crippen molar-refractivity contribution in [3.05, 3.63) is 29.8 Å². The van der Waals surface area contributed by atoms with Crippen LogP contribution in [0.15, 0.2) is 24.3 Å². The lowest BCUT2D eigenvalue weighted by Gasteiger charge is -2.35. The van der Waals surface area contributed by atoms with E-state index >= 15 is 0 Å². The highest BCUT2D eigenvalue weighted by Crippen LogP contribution is 2.24. The van der Waals surface area contributed by atoms with Crippen molar-refractivity contribution >= 4 is 11.7 Å². The zero-order valence-electron chi connectivity index (χ0n) is 13.3. The minimum atomic E-state index is -0.643. The highest BCUT2D eigenvalue weighted by molar-refractivity contribution is 5.88. The molecule has 1 atom stereocenters. The van der Waals surface area contributed by atoms with Crippen molar-refractivity contribution in [2.45, 2.75) is 40.2 Å². The Morgan fingerprint density at radius 1 is 1.33 bits per heavy atom. The molecule has 0 aliphatic carbocycles. The van der Waals surface area contributed by atoms with Gasteiger partial charge < -0.3 is 4.74 Å². The molecule has 1 rings (SSSR count). The molecular formula is C16H24N2O3. The lowest BCUT2D eigenvalue weighted by molar-refractivity contribution is -0.142. The number of nitrogens with zero attached hydrogens (tertiary/aromatic N) is 1. The van der Waals surface area contributed by atoms with Crippen LogP contribution < -0.4 is 10.6 Å². The van der Waals surface area contributed by atoms with Crippen LogP contribution in [0.1, 0.15) is 33.3 Å².